The van der Waals surface area contributed by atoms with Gasteiger partial charge in [0, 0.05) is 23.7 Å². The van der Waals surface area contributed by atoms with Gasteiger partial charge in [-0.05, 0) is 57.9 Å². The van der Waals surface area contributed by atoms with Crippen LogP contribution in [0.2, 0.25) is 0 Å². The van der Waals surface area contributed by atoms with Crippen LogP contribution in [0.5, 0.6) is 0 Å². The molecule has 0 radical (unpaired) electrons. The summed E-state index contributed by atoms with van der Waals surface area (Å²) in [6, 6.07) is 0.698. The van der Waals surface area contributed by atoms with Crippen LogP contribution < -0.4 is 5.32 Å². The summed E-state index contributed by atoms with van der Waals surface area (Å²) in [5.74, 6) is 2.15. The summed E-state index contributed by atoms with van der Waals surface area (Å²) >= 11 is 2.25. The van der Waals surface area contributed by atoms with E-state index in [0.717, 1.165) is 17.8 Å². The zero-order valence-corrected chi connectivity index (χ0v) is 13.9. The Balaban J connectivity index is 1.47. The molecule has 1 heterocycles. The van der Waals surface area contributed by atoms with Crippen LogP contribution >= 0.6 is 11.8 Å². The van der Waals surface area contributed by atoms with E-state index in [2.05, 4.69) is 24.1 Å². The van der Waals surface area contributed by atoms with E-state index in [-0.39, 0.29) is 0 Å². The minimum absolute atomic E-state index is 0.299. The van der Waals surface area contributed by atoms with Gasteiger partial charge in [0.15, 0.2) is 0 Å². The van der Waals surface area contributed by atoms with Crippen molar-refractivity contribution in [3.8, 4) is 0 Å². The van der Waals surface area contributed by atoms with Crippen molar-refractivity contribution >= 4 is 11.8 Å². The van der Waals surface area contributed by atoms with Crippen molar-refractivity contribution in [2.24, 2.45) is 5.92 Å². The maximum Gasteiger partial charge on any atom is 0.0685 e. The predicted molar refractivity (Wildman–Crippen MR) is 87.4 cm³/mol. The molecule has 3 aliphatic rings. The molecule has 1 aliphatic heterocycles. The molecule has 3 fully saturated rings. The summed E-state index contributed by atoms with van der Waals surface area (Å²) in [6.45, 7) is 0.997. The quantitative estimate of drug-likeness (QED) is 0.829. The van der Waals surface area contributed by atoms with Crippen LogP contribution in [0.1, 0.15) is 64.2 Å². The highest BCUT2D eigenvalue weighted by Crippen LogP contribution is 2.45. The van der Waals surface area contributed by atoms with Gasteiger partial charge in [0.1, 0.15) is 0 Å². The highest BCUT2D eigenvalue weighted by atomic mass is 32.2. The molecular weight excluding hydrogens is 266 g/mol. The van der Waals surface area contributed by atoms with E-state index in [9.17, 15) is 0 Å². The van der Waals surface area contributed by atoms with Gasteiger partial charge >= 0.3 is 0 Å². The topological polar surface area (TPSA) is 21.3 Å². The fourth-order valence-electron chi connectivity index (χ4n) is 4.26. The van der Waals surface area contributed by atoms with E-state index in [4.69, 9.17) is 4.74 Å². The Labute approximate surface area is 128 Å². The molecular formula is C17H31NOS. The Morgan fingerprint density at radius 3 is 2.60 bits per heavy atom. The van der Waals surface area contributed by atoms with Gasteiger partial charge in [-0.15, -0.1) is 0 Å². The zero-order chi connectivity index (χ0) is 13.8. The molecule has 1 spiro atoms. The minimum atomic E-state index is 0.299. The summed E-state index contributed by atoms with van der Waals surface area (Å²) in [5.41, 5.74) is 0.299. The average molecular weight is 298 g/mol. The molecule has 3 rings (SSSR count). The molecule has 2 saturated carbocycles. The standard InChI is InChI=1S/C17H31NOS/c1-18-16(13-20-15-6-3-2-4-7-15)14-8-11-19-17(12-14)9-5-10-17/h14-16,18H,2-13H2,1H3. The molecule has 0 bridgehead atoms. The van der Waals surface area contributed by atoms with Crippen molar-refractivity contribution < 1.29 is 4.74 Å². The number of thioether (sulfide) groups is 1. The summed E-state index contributed by atoms with van der Waals surface area (Å²) in [4.78, 5) is 0. The van der Waals surface area contributed by atoms with E-state index in [1.54, 1.807) is 0 Å². The molecule has 2 aliphatic carbocycles. The maximum atomic E-state index is 6.09. The van der Waals surface area contributed by atoms with Gasteiger partial charge in [-0.2, -0.15) is 11.8 Å². The first kappa shape index (κ1) is 15.2. The van der Waals surface area contributed by atoms with Gasteiger partial charge in [0.05, 0.1) is 5.60 Å². The van der Waals surface area contributed by atoms with Crippen LogP contribution in [-0.4, -0.2) is 36.3 Å². The van der Waals surface area contributed by atoms with Crippen molar-refractivity contribution in [3.05, 3.63) is 0 Å². The summed E-state index contributed by atoms with van der Waals surface area (Å²) in [6.07, 6.45) is 13.9. The molecule has 1 N–H and O–H groups in total. The normalized spacial score (nSPS) is 31.9. The molecule has 2 nitrogen and oxygen atoms in total. The van der Waals surface area contributed by atoms with E-state index >= 15 is 0 Å². The molecule has 2 atom stereocenters. The summed E-state index contributed by atoms with van der Waals surface area (Å²) in [5, 5.41) is 4.56. The Morgan fingerprint density at radius 2 is 1.95 bits per heavy atom. The number of ether oxygens (including phenoxy) is 1. The lowest BCUT2D eigenvalue weighted by Crippen LogP contribution is -2.50. The first-order valence-electron chi connectivity index (χ1n) is 8.74. The second-order valence-corrected chi connectivity index (χ2v) is 8.46. The zero-order valence-electron chi connectivity index (χ0n) is 13.0. The summed E-state index contributed by atoms with van der Waals surface area (Å²) in [7, 11) is 2.16. The summed E-state index contributed by atoms with van der Waals surface area (Å²) < 4.78 is 6.09. The fourth-order valence-corrected chi connectivity index (χ4v) is 5.84. The van der Waals surface area contributed by atoms with Crippen molar-refractivity contribution in [2.45, 2.75) is 81.1 Å². The van der Waals surface area contributed by atoms with Gasteiger partial charge in [-0.3, -0.25) is 0 Å². The van der Waals surface area contributed by atoms with Crippen molar-refractivity contribution in [2.75, 3.05) is 19.4 Å². The molecule has 20 heavy (non-hydrogen) atoms. The van der Waals surface area contributed by atoms with Crippen LogP contribution in [0.15, 0.2) is 0 Å². The van der Waals surface area contributed by atoms with Crippen LogP contribution in [0, 0.1) is 5.92 Å². The van der Waals surface area contributed by atoms with Gasteiger partial charge in [-0.25, -0.2) is 0 Å². The third-order valence-electron chi connectivity index (χ3n) is 5.80. The highest BCUT2D eigenvalue weighted by molar-refractivity contribution is 7.99. The van der Waals surface area contributed by atoms with E-state index in [0.29, 0.717) is 11.6 Å². The van der Waals surface area contributed by atoms with Gasteiger partial charge in [0.2, 0.25) is 0 Å². The molecule has 0 aromatic rings. The van der Waals surface area contributed by atoms with Crippen molar-refractivity contribution in [1.29, 1.82) is 0 Å². The minimum Gasteiger partial charge on any atom is -0.375 e. The molecule has 2 unspecified atom stereocenters. The SMILES string of the molecule is CNC(CSC1CCCCC1)C1CCOC2(CCC2)C1. The third kappa shape index (κ3) is 3.53. The van der Waals surface area contributed by atoms with E-state index in [1.165, 1.54) is 70.0 Å². The number of nitrogens with one attached hydrogen (secondary N) is 1. The molecule has 1 saturated heterocycles. The van der Waals surface area contributed by atoms with Crippen molar-refractivity contribution in [1.82, 2.24) is 5.32 Å². The van der Waals surface area contributed by atoms with Gasteiger partial charge in [-0.1, -0.05) is 19.3 Å². The average Bonchev–Trinajstić information content (AvgIpc) is 2.48. The van der Waals surface area contributed by atoms with Crippen molar-refractivity contribution in [3.63, 3.8) is 0 Å². The maximum absolute atomic E-state index is 6.09. The van der Waals surface area contributed by atoms with Crippen LogP contribution in [0.4, 0.5) is 0 Å². The van der Waals surface area contributed by atoms with Crippen LogP contribution in [0.25, 0.3) is 0 Å². The largest absolute Gasteiger partial charge is 0.375 e. The number of hydrogen-bond donors (Lipinski definition) is 1. The lowest BCUT2D eigenvalue weighted by Gasteiger charge is -2.48. The molecule has 0 aromatic heterocycles. The first-order chi connectivity index (χ1) is 9.81. The molecule has 0 aromatic carbocycles. The Morgan fingerprint density at radius 1 is 1.15 bits per heavy atom. The smallest absolute Gasteiger partial charge is 0.0685 e. The Bertz CT molecular complexity index is 299. The monoisotopic (exact) mass is 297 g/mol. The first-order valence-corrected chi connectivity index (χ1v) is 9.79. The molecule has 3 heteroatoms. The highest BCUT2D eigenvalue weighted by Gasteiger charge is 2.44. The predicted octanol–water partition coefficient (Wildman–Crippen LogP) is 3.99. The lowest BCUT2D eigenvalue weighted by atomic mass is 9.70. The van der Waals surface area contributed by atoms with Crippen LogP contribution in [-0.2, 0) is 4.74 Å². The van der Waals surface area contributed by atoms with E-state index < -0.39 is 0 Å². The van der Waals surface area contributed by atoms with Gasteiger partial charge in [0.25, 0.3) is 0 Å². The van der Waals surface area contributed by atoms with E-state index in [1.807, 2.05) is 0 Å². The third-order valence-corrected chi connectivity index (χ3v) is 7.29. The molecule has 116 valence electrons. The second kappa shape index (κ2) is 7.02. The second-order valence-electron chi connectivity index (χ2n) is 7.13. The number of hydrogen-bond acceptors (Lipinski definition) is 3. The Kier molecular flexibility index (Phi) is 5.33. The fraction of sp³-hybridized carbons (Fsp3) is 1.00. The van der Waals surface area contributed by atoms with Crippen LogP contribution in [0.3, 0.4) is 0 Å². The van der Waals surface area contributed by atoms with Gasteiger partial charge < -0.3 is 10.1 Å². The molecule has 0 amide bonds. The lowest BCUT2D eigenvalue weighted by molar-refractivity contribution is -0.146. The number of rotatable bonds is 5. The Hall–Kier alpha value is 0.270.